The van der Waals surface area contributed by atoms with Crippen molar-refractivity contribution in [3.8, 4) is 0 Å². The van der Waals surface area contributed by atoms with Gasteiger partial charge in [-0.1, -0.05) is 18.2 Å². The fourth-order valence-corrected chi connectivity index (χ4v) is 3.69. The molecule has 0 aliphatic carbocycles. The number of fused-ring (bicyclic) bond motifs is 2. The molecule has 1 aromatic carbocycles. The molecular formula is C16H20F3NO2. The summed E-state index contributed by atoms with van der Waals surface area (Å²) < 4.78 is 44.8. The van der Waals surface area contributed by atoms with Crippen molar-refractivity contribution in [1.82, 2.24) is 4.90 Å². The van der Waals surface area contributed by atoms with Crippen LogP contribution in [0.3, 0.4) is 0 Å². The number of ether oxygens (including phenoxy) is 1. The maximum absolute atomic E-state index is 13.1. The Labute approximate surface area is 127 Å². The number of hydrogen-bond acceptors (Lipinski definition) is 3. The van der Waals surface area contributed by atoms with E-state index in [1.54, 1.807) is 6.07 Å². The lowest BCUT2D eigenvalue weighted by atomic mass is 9.77. The van der Waals surface area contributed by atoms with E-state index in [1.807, 2.05) is 7.05 Å². The minimum Gasteiger partial charge on any atom is -0.389 e. The Balaban J connectivity index is 1.84. The molecule has 2 bridgehead atoms. The lowest BCUT2D eigenvalue weighted by Gasteiger charge is -2.50. The van der Waals surface area contributed by atoms with Gasteiger partial charge in [0, 0.05) is 18.5 Å². The molecule has 0 radical (unpaired) electrons. The molecule has 2 heterocycles. The number of hydrogen-bond donors (Lipinski definition) is 1. The van der Waals surface area contributed by atoms with Gasteiger partial charge in [0.05, 0.1) is 24.4 Å². The summed E-state index contributed by atoms with van der Waals surface area (Å²) in [7, 11) is 1.99. The smallest absolute Gasteiger partial charge is 0.389 e. The van der Waals surface area contributed by atoms with E-state index in [2.05, 4.69) is 4.90 Å². The van der Waals surface area contributed by atoms with Crippen molar-refractivity contribution in [2.75, 3.05) is 20.3 Å². The van der Waals surface area contributed by atoms with E-state index < -0.39 is 17.3 Å². The Morgan fingerprint density at radius 3 is 2.41 bits per heavy atom. The summed E-state index contributed by atoms with van der Waals surface area (Å²) in [6.45, 7) is 1.05. The van der Waals surface area contributed by atoms with Gasteiger partial charge in [0.25, 0.3) is 0 Å². The Hall–Kier alpha value is -1.11. The fourth-order valence-electron chi connectivity index (χ4n) is 3.69. The van der Waals surface area contributed by atoms with E-state index in [0.717, 1.165) is 6.07 Å². The minimum atomic E-state index is -4.39. The molecule has 2 aliphatic heterocycles. The molecule has 3 nitrogen and oxygen atoms in total. The number of aliphatic hydroxyl groups is 1. The first-order valence-electron chi connectivity index (χ1n) is 7.46. The minimum absolute atomic E-state index is 0.0313. The average molecular weight is 315 g/mol. The zero-order chi connectivity index (χ0) is 16.0. The third-order valence-corrected chi connectivity index (χ3v) is 4.85. The average Bonchev–Trinajstić information content (AvgIpc) is 2.40. The SMILES string of the molecule is CN1C2COCC1CC(O)(Cc1ccccc1C(F)(F)F)C2. The lowest BCUT2D eigenvalue weighted by molar-refractivity contribution is -0.142. The van der Waals surface area contributed by atoms with Gasteiger partial charge >= 0.3 is 6.18 Å². The number of nitrogens with zero attached hydrogens (tertiary/aromatic N) is 1. The largest absolute Gasteiger partial charge is 0.416 e. The number of halogens is 3. The standard InChI is InChI=1S/C16H20F3NO2/c1-20-12-7-15(21,8-13(20)10-22-9-12)6-11-4-2-3-5-14(11)16(17,18)19/h2-5,12-13,21H,6-10H2,1H3. The van der Waals surface area contributed by atoms with Crippen molar-refractivity contribution in [2.24, 2.45) is 0 Å². The van der Waals surface area contributed by atoms with Crippen LogP contribution in [-0.4, -0.2) is 48.0 Å². The van der Waals surface area contributed by atoms with Gasteiger partial charge in [-0.15, -0.1) is 0 Å². The van der Waals surface area contributed by atoms with Gasteiger partial charge in [0.15, 0.2) is 0 Å². The molecule has 1 N–H and O–H groups in total. The van der Waals surface area contributed by atoms with Crippen LogP contribution < -0.4 is 0 Å². The van der Waals surface area contributed by atoms with Crippen LogP contribution in [0.2, 0.25) is 0 Å². The molecule has 0 aromatic heterocycles. The van der Waals surface area contributed by atoms with Gasteiger partial charge < -0.3 is 9.84 Å². The normalized spacial score (nSPS) is 33.0. The number of rotatable bonds is 2. The van der Waals surface area contributed by atoms with E-state index in [1.165, 1.54) is 12.1 Å². The van der Waals surface area contributed by atoms with Crippen molar-refractivity contribution >= 4 is 0 Å². The summed E-state index contributed by atoms with van der Waals surface area (Å²) in [5.74, 6) is 0. The number of alkyl halides is 3. The summed E-state index contributed by atoms with van der Waals surface area (Å²) in [6, 6.07) is 5.65. The van der Waals surface area contributed by atoms with Crippen molar-refractivity contribution in [3.05, 3.63) is 35.4 Å². The van der Waals surface area contributed by atoms with E-state index in [-0.39, 0.29) is 24.1 Å². The highest BCUT2D eigenvalue weighted by Gasteiger charge is 2.45. The predicted octanol–water partition coefficient (Wildman–Crippen LogP) is 2.47. The van der Waals surface area contributed by atoms with Gasteiger partial charge in [-0.2, -0.15) is 13.2 Å². The monoisotopic (exact) mass is 315 g/mol. The molecule has 3 rings (SSSR count). The zero-order valence-corrected chi connectivity index (χ0v) is 12.4. The van der Waals surface area contributed by atoms with Crippen LogP contribution in [0.25, 0.3) is 0 Å². The maximum atomic E-state index is 13.1. The second kappa shape index (κ2) is 5.51. The summed E-state index contributed by atoms with van der Waals surface area (Å²) in [5.41, 5.74) is -1.59. The highest BCUT2D eigenvalue weighted by Crippen LogP contribution is 2.38. The molecule has 2 atom stereocenters. The number of likely N-dealkylation sites (N-methyl/N-ethyl adjacent to an activating group) is 1. The van der Waals surface area contributed by atoms with Crippen molar-refractivity contribution in [3.63, 3.8) is 0 Å². The van der Waals surface area contributed by atoms with E-state index in [9.17, 15) is 18.3 Å². The van der Waals surface area contributed by atoms with Crippen LogP contribution in [0.4, 0.5) is 13.2 Å². The molecule has 2 aliphatic rings. The number of morpholine rings is 1. The first-order chi connectivity index (χ1) is 10.3. The van der Waals surface area contributed by atoms with E-state index >= 15 is 0 Å². The molecule has 6 heteroatoms. The Morgan fingerprint density at radius 1 is 1.23 bits per heavy atom. The first-order valence-corrected chi connectivity index (χ1v) is 7.46. The van der Waals surface area contributed by atoms with Gasteiger partial charge in [0.1, 0.15) is 0 Å². The Bertz CT molecular complexity index is 532. The second-order valence-electron chi connectivity index (χ2n) is 6.47. The fraction of sp³-hybridized carbons (Fsp3) is 0.625. The number of benzene rings is 1. The van der Waals surface area contributed by atoms with Crippen LogP contribution in [0, 0.1) is 0 Å². The summed E-state index contributed by atoms with van der Waals surface area (Å²) in [5, 5.41) is 10.9. The first kappa shape index (κ1) is 15.8. The zero-order valence-electron chi connectivity index (χ0n) is 12.4. The molecule has 2 saturated heterocycles. The van der Waals surface area contributed by atoms with Crippen LogP contribution in [0.1, 0.15) is 24.0 Å². The van der Waals surface area contributed by atoms with Crippen molar-refractivity contribution < 1.29 is 23.0 Å². The summed E-state index contributed by atoms with van der Waals surface area (Å²) >= 11 is 0. The van der Waals surface area contributed by atoms with Crippen LogP contribution in [0.5, 0.6) is 0 Å². The Kier molecular flexibility index (Phi) is 3.95. The van der Waals surface area contributed by atoms with E-state index in [0.29, 0.717) is 26.1 Å². The maximum Gasteiger partial charge on any atom is 0.416 e. The number of piperidine rings is 1. The van der Waals surface area contributed by atoms with Gasteiger partial charge in [-0.05, 0) is 31.5 Å². The van der Waals surface area contributed by atoms with Gasteiger partial charge in [-0.25, -0.2) is 0 Å². The summed E-state index contributed by atoms with van der Waals surface area (Å²) in [4.78, 5) is 2.17. The van der Waals surface area contributed by atoms with Crippen molar-refractivity contribution in [2.45, 2.75) is 43.1 Å². The summed E-state index contributed by atoms with van der Waals surface area (Å²) in [6.07, 6.45) is -3.49. The van der Waals surface area contributed by atoms with Gasteiger partial charge in [-0.3, -0.25) is 4.90 Å². The van der Waals surface area contributed by atoms with Crippen molar-refractivity contribution in [1.29, 1.82) is 0 Å². The third kappa shape index (κ3) is 3.00. The molecule has 2 unspecified atom stereocenters. The van der Waals surface area contributed by atoms with Crippen LogP contribution >= 0.6 is 0 Å². The van der Waals surface area contributed by atoms with E-state index in [4.69, 9.17) is 4.74 Å². The highest BCUT2D eigenvalue weighted by atomic mass is 19.4. The highest BCUT2D eigenvalue weighted by molar-refractivity contribution is 5.31. The Morgan fingerprint density at radius 2 is 1.82 bits per heavy atom. The molecule has 1 aromatic rings. The molecule has 122 valence electrons. The molecule has 22 heavy (non-hydrogen) atoms. The van der Waals surface area contributed by atoms with Crippen LogP contribution in [0.15, 0.2) is 24.3 Å². The topological polar surface area (TPSA) is 32.7 Å². The second-order valence-corrected chi connectivity index (χ2v) is 6.47. The third-order valence-electron chi connectivity index (χ3n) is 4.85. The lowest BCUT2D eigenvalue weighted by Crippen LogP contribution is -2.60. The molecule has 0 saturated carbocycles. The van der Waals surface area contributed by atoms with Crippen LogP contribution in [-0.2, 0) is 17.3 Å². The van der Waals surface area contributed by atoms with Gasteiger partial charge in [0.2, 0.25) is 0 Å². The molecule has 0 spiro atoms. The molecule has 0 amide bonds. The predicted molar refractivity (Wildman–Crippen MR) is 75.5 cm³/mol. The quantitative estimate of drug-likeness (QED) is 0.910. The molecular weight excluding hydrogens is 295 g/mol. The molecule has 2 fully saturated rings.